The predicted octanol–water partition coefficient (Wildman–Crippen LogP) is 3.98. The molecule has 0 saturated carbocycles. The predicted molar refractivity (Wildman–Crippen MR) is 119 cm³/mol. The lowest BCUT2D eigenvalue weighted by molar-refractivity contribution is 0.773. The fourth-order valence-electron chi connectivity index (χ4n) is 2.77. The van der Waals surface area contributed by atoms with Crippen molar-refractivity contribution >= 4 is 23.0 Å². The van der Waals surface area contributed by atoms with Crippen LogP contribution in [-0.4, -0.2) is 10.7 Å². The van der Waals surface area contributed by atoms with Gasteiger partial charge in [-0.25, -0.2) is 0 Å². The van der Waals surface area contributed by atoms with Crippen molar-refractivity contribution < 1.29 is 0 Å². The largest absolute Gasteiger partial charge is 0.397 e. The molecule has 0 unspecified atom stereocenters. The molecule has 6 N–H and O–H groups in total. The van der Waals surface area contributed by atoms with E-state index < -0.39 is 0 Å². The summed E-state index contributed by atoms with van der Waals surface area (Å²) in [6, 6.07) is 24.3. The molecule has 0 spiro atoms. The van der Waals surface area contributed by atoms with E-state index in [0.29, 0.717) is 23.4 Å². The number of pyridine rings is 1. The standard InChI is InChI=1S/C23H22ClN5/c24-20(22(26)17-11-5-2-6-12-17)19(21(25)16-9-3-1-4-10-16)23(27)29-15-18-13-7-8-14-28-18/h1-14,25,29H,15,26-27H2/b22-20+,23-19-,25-21?. The summed E-state index contributed by atoms with van der Waals surface area (Å²) in [5, 5.41) is 12.1. The highest BCUT2D eigenvalue weighted by Crippen LogP contribution is 2.27. The topological polar surface area (TPSA) is 101 Å². The van der Waals surface area contributed by atoms with Gasteiger partial charge < -0.3 is 16.8 Å². The van der Waals surface area contributed by atoms with Crippen molar-refractivity contribution in [2.75, 3.05) is 0 Å². The van der Waals surface area contributed by atoms with Crippen LogP contribution < -0.4 is 16.8 Å². The molecule has 0 aliphatic carbocycles. The summed E-state index contributed by atoms with van der Waals surface area (Å²) in [5.74, 6) is 0.258. The van der Waals surface area contributed by atoms with Crippen LogP contribution in [0.25, 0.3) is 5.70 Å². The summed E-state index contributed by atoms with van der Waals surface area (Å²) >= 11 is 6.67. The lowest BCUT2D eigenvalue weighted by atomic mass is 9.99. The molecule has 3 rings (SSSR count). The maximum absolute atomic E-state index is 8.72. The fourth-order valence-corrected chi connectivity index (χ4v) is 3.07. The van der Waals surface area contributed by atoms with Gasteiger partial charge in [-0.15, -0.1) is 0 Å². The molecule has 0 atom stereocenters. The third-order valence-electron chi connectivity index (χ3n) is 4.31. The Labute approximate surface area is 175 Å². The van der Waals surface area contributed by atoms with E-state index in [9.17, 15) is 0 Å². The van der Waals surface area contributed by atoms with Gasteiger partial charge in [0.05, 0.1) is 34.3 Å². The second kappa shape index (κ2) is 9.57. The molecule has 5 nitrogen and oxygen atoms in total. The quantitative estimate of drug-likeness (QED) is 0.354. The first-order valence-electron chi connectivity index (χ1n) is 9.07. The number of nitrogens with one attached hydrogen (secondary N) is 2. The Kier molecular flexibility index (Phi) is 6.66. The van der Waals surface area contributed by atoms with Crippen LogP contribution in [0.4, 0.5) is 0 Å². The summed E-state index contributed by atoms with van der Waals surface area (Å²) in [4.78, 5) is 4.28. The fraction of sp³-hybridized carbons (Fsp3) is 0.0435. The van der Waals surface area contributed by atoms with Gasteiger partial charge in [0.25, 0.3) is 0 Å². The van der Waals surface area contributed by atoms with E-state index in [-0.39, 0.29) is 16.6 Å². The molecule has 0 fully saturated rings. The van der Waals surface area contributed by atoms with Gasteiger partial charge in [-0.1, -0.05) is 78.3 Å². The minimum absolute atomic E-state index is 0.181. The summed E-state index contributed by atoms with van der Waals surface area (Å²) in [6.07, 6.45) is 1.71. The second-order valence-electron chi connectivity index (χ2n) is 6.30. The molecule has 29 heavy (non-hydrogen) atoms. The van der Waals surface area contributed by atoms with Crippen molar-refractivity contribution in [2.45, 2.75) is 6.54 Å². The Morgan fingerprint density at radius 2 is 1.45 bits per heavy atom. The number of hydrogen-bond donors (Lipinski definition) is 4. The van der Waals surface area contributed by atoms with E-state index in [0.717, 1.165) is 11.3 Å². The first-order chi connectivity index (χ1) is 14.1. The van der Waals surface area contributed by atoms with Crippen molar-refractivity contribution in [3.8, 4) is 0 Å². The summed E-state index contributed by atoms with van der Waals surface area (Å²) in [7, 11) is 0. The molecule has 0 radical (unpaired) electrons. The minimum atomic E-state index is 0.181. The highest BCUT2D eigenvalue weighted by molar-refractivity contribution is 6.39. The second-order valence-corrected chi connectivity index (χ2v) is 6.68. The molecule has 6 heteroatoms. The molecule has 2 aromatic carbocycles. The zero-order valence-corrected chi connectivity index (χ0v) is 16.5. The highest BCUT2D eigenvalue weighted by Gasteiger charge is 2.19. The number of allylic oxidation sites excluding steroid dienone is 2. The van der Waals surface area contributed by atoms with Gasteiger partial charge in [0.1, 0.15) is 5.82 Å². The van der Waals surface area contributed by atoms with Crippen LogP contribution in [0.2, 0.25) is 0 Å². The Bertz CT molecular complexity index is 1030. The van der Waals surface area contributed by atoms with Crippen LogP contribution in [0.1, 0.15) is 16.8 Å². The number of nitrogens with two attached hydrogens (primary N) is 2. The van der Waals surface area contributed by atoms with E-state index in [1.54, 1.807) is 6.20 Å². The first-order valence-corrected chi connectivity index (χ1v) is 9.44. The number of nitrogens with zero attached hydrogens (tertiary/aromatic N) is 1. The SMILES string of the molecule is N=C(C(=C(/N)NCc1ccccn1)/C(Cl)=C(\N)c1ccccc1)c1ccccc1. The van der Waals surface area contributed by atoms with Crippen molar-refractivity contribution in [1.29, 1.82) is 5.41 Å². The minimum Gasteiger partial charge on any atom is -0.397 e. The highest BCUT2D eigenvalue weighted by atomic mass is 35.5. The molecule has 0 bridgehead atoms. The van der Waals surface area contributed by atoms with E-state index in [4.69, 9.17) is 28.5 Å². The molecule has 146 valence electrons. The summed E-state index contributed by atoms with van der Waals surface area (Å²) in [5.41, 5.74) is 15.8. The molecule has 0 aliphatic rings. The molecule has 3 aromatic rings. The van der Waals surface area contributed by atoms with Gasteiger partial charge in [0, 0.05) is 11.8 Å². The maximum atomic E-state index is 8.72. The Morgan fingerprint density at radius 1 is 0.862 bits per heavy atom. The zero-order chi connectivity index (χ0) is 20.6. The molecular weight excluding hydrogens is 382 g/mol. The Balaban J connectivity index is 2.02. The van der Waals surface area contributed by atoms with Crippen molar-refractivity contribution in [3.05, 3.63) is 118 Å². The van der Waals surface area contributed by atoms with Gasteiger partial charge in [-0.3, -0.25) is 10.4 Å². The third kappa shape index (κ3) is 5.03. The van der Waals surface area contributed by atoms with E-state index in [1.807, 2.05) is 78.9 Å². The lowest BCUT2D eigenvalue weighted by Crippen LogP contribution is -2.26. The van der Waals surface area contributed by atoms with Gasteiger partial charge in [-0.2, -0.15) is 0 Å². The average molecular weight is 404 g/mol. The van der Waals surface area contributed by atoms with Gasteiger partial charge >= 0.3 is 0 Å². The molecular formula is C23H22ClN5. The van der Waals surface area contributed by atoms with E-state index in [1.165, 1.54) is 0 Å². The Hall–Kier alpha value is -3.57. The number of rotatable bonds is 7. The zero-order valence-electron chi connectivity index (χ0n) is 15.8. The van der Waals surface area contributed by atoms with Crippen LogP contribution in [0.5, 0.6) is 0 Å². The average Bonchev–Trinajstić information content (AvgIpc) is 2.79. The van der Waals surface area contributed by atoms with Crippen LogP contribution in [0.15, 0.2) is 101 Å². The van der Waals surface area contributed by atoms with Crippen molar-refractivity contribution in [3.63, 3.8) is 0 Å². The van der Waals surface area contributed by atoms with Crippen LogP contribution in [-0.2, 0) is 6.54 Å². The van der Waals surface area contributed by atoms with Crippen LogP contribution in [0, 0.1) is 5.41 Å². The number of aromatic nitrogens is 1. The normalized spacial score (nSPS) is 12.6. The van der Waals surface area contributed by atoms with E-state index >= 15 is 0 Å². The smallest absolute Gasteiger partial charge is 0.108 e. The van der Waals surface area contributed by atoms with Gasteiger partial charge in [-0.05, 0) is 17.7 Å². The van der Waals surface area contributed by atoms with Gasteiger partial charge in [0.15, 0.2) is 0 Å². The molecule has 1 heterocycles. The van der Waals surface area contributed by atoms with Crippen molar-refractivity contribution in [1.82, 2.24) is 10.3 Å². The number of halogens is 1. The number of benzene rings is 2. The van der Waals surface area contributed by atoms with Crippen LogP contribution >= 0.6 is 11.6 Å². The molecule has 0 aliphatic heterocycles. The van der Waals surface area contributed by atoms with Gasteiger partial charge in [0.2, 0.25) is 0 Å². The first kappa shape index (κ1) is 20.2. The monoisotopic (exact) mass is 403 g/mol. The van der Waals surface area contributed by atoms with Crippen LogP contribution in [0.3, 0.4) is 0 Å². The molecule has 0 saturated heterocycles. The number of hydrogen-bond acceptors (Lipinski definition) is 5. The van der Waals surface area contributed by atoms with E-state index in [2.05, 4.69) is 10.3 Å². The summed E-state index contributed by atoms with van der Waals surface area (Å²) < 4.78 is 0. The van der Waals surface area contributed by atoms with Crippen molar-refractivity contribution in [2.24, 2.45) is 11.5 Å². The summed E-state index contributed by atoms with van der Waals surface area (Å²) in [6.45, 7) is 0.396. The molecule has 1 aromatic heterocycles. The Morgan fingerprint density at radius 3 is 2.03 bits per heavy atom. The molecule has 0 amide bonds. The maximum Gasteiger partial charge on any atom is 0.108 e. The lowest BCUT2D eigenvalue weighted by Gasteiger charge is -2.16. The third-order valence-corrected chi connectivity index (χ3v) is 4.70.